The summed E-state index contributed by atoms with van der Waals surface area (Å²) in [5, 5.41) is 2.82. The molecular weight excluding hydrogens is 337 g/mol. The van der Waals surface area contributed by atoms with E-state index in [-0.39, 0.29) is 36.6 Å². The van der Waals surface area contributed by atoms with Crippen LogP contribution in [0.15, 0.2) is 24.3 Å². The molecule has 3 aliphatic rings. The first-order valence-corrected chi connectivity index (χ1v) is 9.20. The maximum absolute atomic E-state index is 14.0. The molecule has 0 radical (unpaired) electrons. The molecule has 1 saturated carbocycles. The van der Waals surface area contributed by atoms with Gasteiger partial charge in [0.25, 0.3) is 5.91 Å². The van der Waals surface area contributed by atoms with Gasteiger partial charge in [0, 0.05) is 25.1 Å². The minimum absolute atomic E-state index is 0.0696. The molecular formula is C19H22FN3O3. The monoisotopic (exact) mass is 359 g/mol. The number of nitrogens with zero attached hydrogens (tertiary/aromatic N) is 2. The molecule has 0 bridgehead atoms. The summed E-state index contributed by atoms with van der Waals surface area (Å²) in [6, 6.07) is 5.81. The van der Waals surface area contributed by atoms with Crippen molar-refractivity contribution in [2.45, 2.75) is 50.1 Å². The summed E-state index contributed by atoms with van der Waals surface area (Å²) in [4.78, 5) is 40.1. The van der Waals surface area contributed by atoms with Gasteiger partial charge in [-0.3, -0.25) is 14.5 Å². The van der Waals surface area contributed by atoms with Crippen molar-refractivity contribution in [1.82, 2.24) is 15.1 Å². The van der Waals surface area contributed by atoms with Crippen LogP contribution in [0.25, 0.3) is 0 Å². The van der Waals surface area contributed by atoms with Crippen molar-refractivity contribution in [2.75, 3.05) is 13.1 Å². The van der Waals surface area contributed by atoms with Crippen LogP contribution in [0.4, 0.5) is 9.18 Å². The molecule has 1 aromatic rings. The lowest BCUT2D eigenvalue weighted by Crippen LogP contribution is -2.47. The zero-order chi connectivity index (χ0) is 18.3. The summed E-state index contributed by atoms with van der Waals surface area (Å²) in [5.74, 6) is -0.674. The molecule has 2 heterocycles. The van der Waals surface area contributed by atoms with Gasteiger partial charge in [0.05, 0.1) is 6.04 Å². The first-order valence-electron chi connectivity index (χ1n) is 9.20. The minimum atomic E-state index is -0.743. The number of likely N-dealkylation sites (tertiary alicyclic amines) is 1. The Hall–Kier alpha value is -2.44. The van der Waals surface area contributed by atoms with Gasteiger partial charge < -0.3 is 10.2 Å². The molecule has 26 heavy (non-hydrogen) atoms. The topological polar surface area (TPSA) is 69.7 Å². The Labute approximate surface area is 151 Å². The zero-order valence-electron chi connectivity index (χ0n) is 14.5. The maximum Gasteiger partial charge on any atom is 0.325 e. The van der Waals surface area contributed by atoms with Crippen molar-refractivity contribution >= 4 is 17.8 Å². The van der Waals surface area contributed by atoms with Gasteiger partial charge in [-0.2, -0.15) is 0 Å². The fourth-order valence-corrected chi connectivity index (χ4v) is 4.30. The number of benzene rings is 1. The summed E-state index contributed by atoms with van der Waals surface area (Å²) >= 11 is 0. The molecule has 0 aromatic heterocycles. The third-order valence-corrected chi connectivity index (χ3v) is 5.86. The van der Waals surface area contributed by atoms with Gasteiger partial charge in [0.1, 0.15) is 11.4 Å². The molecule has 2 aliphatic heterocycles. The molecule has 1 atom stereocenters. The average Bonchev–Trinajstić information content (AvgIpc) is 3.13. The number of urea groups is 1. The van der Waals surface area contributed by atoms with Gasteiger partial charge in [-0.05, 0) is 25.3 Å². The van der Waals surface area contributed by atoms with E-state index in [4.69, 9.17) is 0 Å². The van der Waals surface area contributed by atoms with E-state index in [1.54, 1.807) is 23.1 Å². The predicted octanol–water partition coefficient (Wildman–Crippen LogP) is 2.35. The highest BCUT2D eigenvalue weighted by Gasteiger charge is 2.52. The van der Waals surface area contributed by atoms with Crippen LogP contribution in [0, 0.1) is 5.82 Å². The SMILES string of the molecule is O=C1NC2(CCCC2)C(=O)N1CCC(=O)N1CCC1c1ccccc1F. The summed E-state index contributed by atoms with van der Waals surface area (Å²) < 4.78 is 14.0. The van der Waals surface area contributed by atoms with E-state index in [0.717, 1.165) is 19.3 Å². The third kappa shape index (κ3) is 2.66. The van der Waals surface area contributed by atoms with E-state index in [1.165, 1.54) is 11.0 Å². The highest BCUT2D eigenvalue weighted by Crippen LogP contribution is 2.36. The predicted molar refractivity (Wildman–Crippen MR) is 91.5 cm³/mol. The molecule has 4 amide bonds. The van der Waals surface area contributed by atoms with Gasteiger partial charge in [-0.15, -0.1) is 0 Å². The van der Waals surface area contributed by atoms with Crippen molar-refractivity contribution < 1.29 is 18.8 Å². The first kappa shape index (κ1) is 17.0. The van der Waals surface area contributed by atoms with Crippen LogP contribution in [-0.2, 0) is 9.59 Å². The standard InChI is InChI=1S/C19H22FN3O3/c20-14-6-2-1-5-13(14)15-7-11-22(15)16(24)8-12-23-17(25)19(21-18(23)26)9-3-4-10-19/h1-2,5-6,15H,3-4,7-12H2,(H,21,26). The first-order chi connectivity index (χ1) is 12.5. The van der Waals surface area contributed by atoms with Gasteiger partial charge in [-0.25, -0.2) is 9.18 Å². The number of hydrogen-bond donors (Lipinski definition) is 1. The van der Waals surface area contributed by atoms with Crippen LogP contribution in [0.1, 0.15) is 50.1 Å². The van der Waals surface area contributed by atoms with E-state index in [9.17, 15) is 18.8 Å². The lowest BCUT2D eigenvalue weighted by molar-refractivity contribution is -0.140. The summed E-state index contributed by atoms with van der Waals surface area (Å²) in [7, 11) is 0. The van der Waals surface area contributed by atoms with E-state index in [1.807, 2.05) is 0 Å². The van der Waals surface area contributed by atoms with Gasteiger partial charge in [0.2, 0.25) is 5.91 Å². The van der Waals surface area contributed by atoms with E-state index in [0.29, 0.717) is 24.9 Å². The van der Waals surface area contributed by atoms with E-state index >= 15 is 0 Å². The molecule has 138 valence electrons. The Morgan fingerprint density at radius 3 is 2.62 bits per heavy atom. The van der Waals surface area contributed by atoms with E-state index in [2.05, 4.69) is 5.32 Å². The fraction of sp³-hybridized carbons (Fsp3) is 0.526. The Morgan fingerprint density at radius 1 is 1.23 bits per heavy atom. The number of nitrogens with one attached hydrogen (secondary N) is 1. The second-order valence-corrected chi connectivity index (χ2v) is 7.34. The van der Waals surface area contributed by atoms with Crippen LogP contribution in [0.3, 0.4) is 0 Å². The largest absolute Gasteiger partial charge is 0.335 e. The lowest BCUT2D eigenvalue weighted by atomic mass is 9.93. The number of amides is 4. The molecule has 1 aliphatic carbocycles. The Balaban J connectivity index is 1.38. The molecule has 1 spiro atoms. The molecule has 1 N–H and O–H groups in total. The van der Waals surface area contributed by atoms with Crippen molar-refractivity contribution in [1.29, 1.82) is 0 Å². The van der Waals surface area contributed by atoms with Crippen LogP contribution in [0.2, 0.25) is 0 Å². The molecule has 4 rings (SSSR count). The van der Waals surface area contributed by atoms with Gasteiger partial charge in [0.15, 0.2) is 0 Å². The molecule has 7 heteroatoms. The molecule has 1 unspecified atom stereocenters. The van der Waals surface area contributed by atoms with Gasteiger partial charge in [-0.1, -0.05) is 31.0 Å². The quantitative estimate of drug-likeness (QED) is 0.839. The maximum atomic E-state index is 14.0. The molecule has 2 saturated heterocycles. The van der Waals surface area contributed by atoms with Crippen molar-refractivity contribution in [3.8, 4) is 0 Å². The van der Waals surface area contributed by atoms with Crippen molar-refractivity contribution in [2.24, 2.45) is 0 Å². The number of rotatable bonds is 4. The average molecular weight is 359 g/mol. The lowest BCUT2D eigenvalue weighted by Gasteiger charge is -2.41. The number of carbonyl (C=O) groups is 3. The number of hydrogen-bond acceptors (Lipinski definition) is 3. The van der Waals surface area contributed by atoms with Gasteiger partial charge >= 0.3 is 6.03 Å². The second-order valence-electron chi connectivity index (χ2n) is 7.34. The van der Waals surface area contributed by atoms with Crippen LogP contribution < -0.4 is 5.32 Å². The minimum Gasteiger partial charge on any atom is -0.335 e. The number of imide groups is 1. The van der Waals surface area contributed by atoms with Crippen LogP contribution in [0.5, 0.6) is 0 Å². The summed E-state index contributed by atoms with van der Waals surface area (Å²) in [6.45, 7) is 0.646. The second kappa shape index (κ2) is 6.37. The van der Waals surface area contributed by atoms with Crippen molar-refractivity contribution in [3.05, 3.63) is 35.6 Å². The highest BCUT2D eigenvalue weighted by molar-refractivity contribution is 6.07. The number of halogens is 1. The Kier molecular flexibility index (Phi) is 4.17. The summed E-state index contributed by atoms with van der Waals surface area (Å²) in [5.41, 5.74) is -0.223. The van der Waals surface area contributed by atoms with Crippen molar-refractivity contribution in [3.63, 3.8) is 0 Å². The van der Waals surface area contributed by atoms with E-state index < -0.39 is 11.6 Å². The molecule has 6 nitrogen and oxygen atoms in total. The van der Waals surface area contributed by atoms with Crippen LogP contribution in [-0.4, -0.2) is 46.3 Å². The fourth-order valence-electron chi connectivity index (χ4n) is 4.30. The molecule has 1 aromatic carbocycles. The Bertz CT molecular complexity index is 760. The smallest absolute Gasteiger partial charge is 0.325 e. The Morgan fingerprint density at radius 2 is 1.96 bits per heavy atom. The normalized spacial score (nSPS) is 24.1. The zero-order valence-corrected chi connectivity index (χ0v) is 14.5. The molecule has 3 fully saturated rings. The number of carbonyl (C=O) groups excluding carboxylic acids is 3. The van der Waals surface area contributed by atoms with Crippen LogP contribution >= 0.6 is 0 Å². The highest BCUT2D eigenvalue weighted by atomic mass is 19.1. The third-order valence-electron chi connectivity index (χ3n) is 5.86. The summed E-state index contributed by atoms with van der Waals surface area (Å²) in [6.07, 6.45) is 3.99.